The number of nitrogens with one attached hydrogen (secondary N) is 2. The number of urea groups is 1. The van der Waals surface area contributed by atoms with Crippen LogP contribution in [-0.2, 0) is 4.74 Å². The third kappa shape index (κ3) is 3.69. The number of nitrogens with zero attached hydrogens (tertiary/aromatic N) is 2. The Kier molecular flexibility index (Phi) is 3.89. The summed E-state index contributed by atoms with van der Waals surface area (Å²) in [6.07, 6.45) is 0. The van der Waals surface area contributed by atoms with E-state index < -0.39 is 0 Å². The number of carbonyl (C=O) groups is 1. The summed E-state index contributed by atoms with van der Waals surface area (Å²) >= 11 is 0. The number of anilines is 1. The van der Waals surface area contributed by atoms with Gasteiger partial charge in [-0.25, -0.2) is 14.8 Å². The Morgan fingerprint density at radius 3 is 2.88 bits per heavy atom. The maximum atomic E-state index is 11.6. The minimum Gasteiger partial charge on any atom is -0.379 e. The van der Waals surface area contributed by atoms with Gasteiger partial charge in [0.05, 0.1) is 13.2 Å². The first-order valence-electron chi connectivity index (χ1n) is 5.58. The number of hydrazine groups is 1. The van der Waals surface area contributed by atoms with Gasteiger partial charge in [-0.3, -0.25) is 10.7 Å². The molecule has 0 saturated carbocycles. The number of morpholine rings is 1. The molecule has 0 aromatic carbocycles. The van der Waals surface area contributed by atoms with E-state index in [0.29, 0.717) is 32.1 Å². The van der Waals surface area contributed by atoms with Gasteiger partial charge in [-0.15, -0.1) is 0 Å². The summed E-state index contributed by atoms with van der Waals surface area (Å²) in [5.41, 5.74) is 3.62. The molecule has 1 aliphatic heterocycles. The molecule has 17 heavy (non-hydrogen) atoms. The fraction of sp³-hybridized carbons (Fsp3) is 0.455. The summed E-state index contributed by atoms with van der Waals surface area (Å²) in [6, 6.07) is 5.22. The summed E-state index contributed by atoms with van der Waals surface area (Å²) in [5, 5.41) is 4.51. The van der Waals surface area contributed by atoms with Gasteiger partial charge in [-0.1, -0.05) is 6.07 Å². The van der Waals surface area contributed by atoms with E-state index in [1.54, 1.807) is 6.07 Å². The SMILES string of the molecule is Cc1cccc(NC(=O)NN2CCOCC2)n1. The fourth-order valence-electron chi connectivity index (χ4n) is 1.58. The summed E-state index contributed by atoms with van der Waals surface area (Å²) in [5.74, 6) is 0.552. The molecule has 2 rings (SSSR count). The van der Waals surface area contributed by atoms with Gasteiger partial charge >= 0.3 is 6.03 Å². The average molecular weight is 236 g/mol. The molecule has 1 aromatic rings. The first-order chi connectivity index (χ1) is 8.24. The number of aromatic nitrogens is 1. The van der Waals surface area contributed by atoms with Crippen LogP contribution in [0.25, 0.3) is 0 Å². The van der Waals surface area contributed by atoms with E-state index in [0.717, 1.165) is 5.69 Å². The van der Waals surface area contributed by atoms with Crippen LogP contribution in [0.3, 0.4) is 0 Å². The number of pyridine rings is 1. The average Bonchev–Trinajstić information content (AvgIpc) is 2.30. The molecule has 1 fully saturated rings. The molecule has 1 aliphatic rings. The standard InChI is InChI=1S/C11H16N4O2/c1-9-3-2-4-10(12-9)13-11(16)14-15-5-7-17-8-6-15/h2-4H,5-8H2,1H3,(H2,12,13,14,16). The van der Waals surface area contributed by atoms with Gasteiger partial charge in [0.1, 0.15) is 5.82 Å². The maximum absolute atomic E-state index is 11.6. The Balaban J connectivity index is 1.84. The topological polar surface area (TPSA) is 66.5 Å². The van der Waals surface area contributed by atoms with E-state index in [9.17, 15) is 4.79 Å². The second-order valence-electron chi connectivity index (χ2n) is 3.83. The number of hydrogen-bond donors (Lipinski definition) is 2. The molecule has 6 nitrogen and oxygen atoms in total. The van der Waals surface area contributed by atoms with E-state index >= 15 is 0 Å². The lowest BCUT2D eigenvalue weighted by atomic mass is 10.4. The van der Waals surface area contributed by atoms with Gasteiger partial charge < -0.3 is 4.74 Å². The zero-order chi connectivity index (χ0) is 12.1. The lowest BCUT2D eigenvalue weighted by Crippen LogP contribution is -2.49. The van der Waals surface area contributed by atoms with E-state index in [-0.39, 0.29) is 6.03 Å². The van der Waals surface area contributed by atoms with Crippen molar-refractivity contribution >= 4 is 11.8 Å². The van der Waals surface area contributed by atoms with Gasteiger partial charge in [0, 0.05) is 18.8 Å². The van der Waals surface area contributed by atoms with Crippen molar-refractivity contribution in [2.24, 2.45) is 0 Å². The first-order valence-corrected chi connectivity index (χ1v) is 5.58. The Morgan fingerprint density at radius 2 is 2.18 bits per heavy atom. The summed E-state index contributed by atoms with van der Waals surface area (Å²) in [4.78, 5) is 15.8. The number of aryl methyl sites for hydroxylation is 1. The highest BCUT2D eigenvalue weighted by atomic mass is 16.5. The van der Waals surface area contributed by atoms with Gasteiger partial charge in [0.25, 0.3) is 0 Å². The number of amides is 2. The number of hydrogen-bond acceptors (Lipinski definition) is 4. The third-order valence-corrected chi connectivity index (χ3v) is 2.40. The molecule has 2 N–H and O–H groups in total. The molecular weight excluding hydrogens is 220 g/mol. The van der Waals surface area contributed by atoms with Crippen molar-refractivity contribution in [1.82, 2.24) is 15.4 Å². The van der Waals surface area contributed by atoms with Crippen LogP contribution in [0, 0.1) is 6.92 Å². The van der Waals surface area contributed by atoms with Crippen molar-refractivity contribution < 1.29 is 9.53 Å². The molecule has 92 valence electrons. The van der Waals surface area contributed by atoms with Crippen LogP contribution in [0.1, 0.15) is 5.69 Å². The minimum atomic E-state index is -0.273. The molecule has 0 spiro atoms. The number of carbonyl (C=O) groups excluding carboxylic acids is 1. The van der Waals surface area contributed by atoms with Crippen LogP contribution in [-0.4, -0.2) is 42.3 Å². The predicted molar refractivity (Wildman–Crippen MR) is 63.5 cm³/mol. The Bertz CT molecular complexity index is 391. The highest BCUT2D eigenvalue weighted by molar-refractivity contribution is 5.87. The van der Waals surface area contributed by atoms with Crippen LogP contribution < -0.4 is 10.7 Å². The number of ether oxygens (including phenoxy) is 1. The lowest BCUT2D eigenvalue weighted by Gasteiger charge is -2.26. The quantitative estimate of drug-likeness (QED) is 0.795. The second-order valence-corrected chi connectivity index (χ2v) is 3.83. The largest absolute Gasteiger partial charge is 0.379 e. The van der Waals surface area contributed by atoms with Crippen LogP contribution in [0.5, 0.6) is 0 Å². The second kappa shape index (κ2) is 5.60. The molecule has 1 saturated heterocycles. The lowest BCUT2D eigenvalue weighted by molar-refractivity contribution is 0.0207. The normalized spacial score (nSPS) is 16.5. The Labute approximate surface area is 99.9 Å². The van der Waals surface area contributed by atoms with Crippen molar-refractivity contribution in [1.29, 1.82) is 0 Å². The smallest absolute Gasteiger partial charge is 0.334 e. The van der Waals surface area contributed by atoms with Gasteiger partial charge in [-0.2, -0.15) is 0 Å². The fourth-order valence-corrected chi connectivity index (χ4v) is 1.58. The monoisotopic (exact) mass is 236 g/mol. The number of rotatable bonds is 2. The predicted octanol–water partition coefficient (Wildman–Crippen LogP) is 0.759. The molecule has 0 unspecified atom stereocenters. The van der Waals surface area contributed by atoms with Gasteiger partial charge in [0.2, 0.25) is 0 Å². The molecule has 2 heterocycles. The van der Waals surface area contributed by atoms with Crippen molar-refractivity contribution in [2.45, 2.75) is 6.92 Å². The van der Waals surface area contributed by atoms with Crippen LogP contribution in [0.4, 0.5) is 10.6 Å². The van der Waals surface area contributed by atoms with E-state index in [4.69, 9.17) is 4.74 Å². The molecule has 0 radical (unpaired) electrons. The summed E-state index contributed by atoms with van der Waals surface area (Å²) in [6.45, 7) is 4.57. The van der Waals surface area contributed by atoms with Crippen molar-refractivity contribution in [3.05, 3.63) is 23.9 Å². The molecule has 0 aliphatic carbocycles. The molecular formula is C11H16N4O2. The Hall–Kier alpha value is -1.66. The zero-order valence-electron chi connectivity index (χ0n) is 9.77. The third-order valence-electron chi connectivity index (χ3n) is 2.40. The zero-order valence-corrected chi connectivity index (χ0v) is 9.77. The van der Waals surface area contributed by atoms with E-state index in [1.165, 1.54) is 0 Å². The molecule has 1 aromatic heterocycles. The minimum absolute atomic E-state index is 0.273. The summed E-state index contributed by atoms with van der Waals surface area (Å²) < 4.78 is 5.19. The van der Waals surface area contributed by atoms with Crippen molar-refractivity contribution in [3.63, 3.8) is 0 Å². The highest BCUT2D eigenvalue weighted by Gasteiger charge is 2.12. The van der Waals surface area contributed by atoms with Crippen molar-refractivity contribution in [2.75, 3.05) is 31.6 Å². The molecule has 0 atom stereocenters. The molecule has 2 amide bonds. The maximum Gasteiger partial charge on any atom is 0.334 e. The van der Waals surface area contributed by atoms with Crippen LogP contribution in [0.2, 0.25) is 0 Å². The van der Waals surface area contributed by atoms with E-state index in [1.807, 2.05) is 24.1 Å². The van der Waals surface area contributed by atoms with Crippen molar-refractivity contribution in [3.8, 4) is 0 Å². The Morgan fingerprint density at radius 1 is 1.41 bits per heavy atom. The van der Waals surface area contributed by atoms with E-state index in [2.05, 4.69) is 15.7 Å². The first kappa shape index (κ1) is 11.8. The highest BCUT2D eigenvalue weighted by Crippen LogP contribution is 2.03. The molecule has 6 heteroatoms. The van der Waals surface area contributed by atoms with Gasteiger partial charge in [-0.05, 0) is 19.1 Å². The van der Waals surface area contributed by atoms with Gasteiger partial charge in [0.15, 0.2) is 0 Å². The van der Waals surface area contributed by atoms with Crippen LogP contribution >= 0.6 is 0 Å². The molecule has 0 bridgehead atoms. The van der Waals surface area contributed by atoms with Crippen LogP contribution in [0.15, 0.2) is 18.2 Å². The summed E-state index contributed by atoms with van der Waals surface area (Å²) in [7, 11) is 0.